The van der Waals surface area contributed by atoms with E-state index in [0.29, 0.717) is 30.5 Å². The maximum atomic E-state index is 12.3. The quantitative estimate of drug-likeness (QED) is 0.538. The fourth-order valence-electron chi connectivity index (χ4n) is 2.58. The van der Waals surface area contributed by atoms with Crippen LogP contribution in [-0.4, -0.2) is 61.3 Å². The van der Waals surface area contributed by atoms with Gasteiger partial charge in [-0.3, -0.25) is 19.3 Å². The maximum absolute atomic E-state index is 12.3. The summed E-state index contributed by atoms with van der Waals surface area (Å²) in [7, 11) is 3.98. The van der Waals surface area contributed by atoms with Gasteiger partial charge in [0, 0.05) is 24.0 Å². The van der Waals surface area contributed by atoms with Crippen molar-refractivity contribution >= 4 is 33.7 Å². The summed E-state index contributed by atoms with van der Waals surface area (Å²) in [6, 6.07) is 5.05. The molecular weight excluding hydrogens is 374 g/mol. The van der Waals surface area contributed by atoms with Crippen LogP contribution in [0.3, 0.4) is 0 Å². The average molecular weight is 396 g/mol. The summed E-state index contributed by atoms with van der Waals surface area (Å²) in [5.74, 6) is -0.621. The minimum atomic E-state index is -0.289. The van der Waals surface area contributed by atoms with Crippen molar-refractivity contribution in [1.29, 1.82) is 0 Å². The van der Waals surface area contributed by atoms with Gasteiger partial charge in [0.15, 0.2) is 0 Å². The van der Waals surface area contributed by atoms with Crippen LogP contribution in [0.1, 0.15) is 40.0 Å². The first-order chi connectivity index (χ1) is 11.4. The molecule has 24 heavy (non-hydrogen) atoms. The van der Waals surface area contributed by atoms with Gasteiger partial charge in [0.1, 0.15) is 0 Å². The third-order valence-electron chi connectivity index (χ3n) is 3.82. The summed E-state index contributed by atoms with van der Waals surface area (Å²) in [5.41, 5.74) is 0.846. The molecule has 0 atom stereocenters. The first-order valence-electron chi connectivity index (χ1n) is 7.97. The molecule has 0 aromatic heterocycles. The minimum absolute atomic E-state index is 0.0480. The van der Waals surface area contributed by atoms with Gasteiger partial charge in [0.2, 0.25) is 5.91 Å². The number of hydrogen-bond acceptors (Lipinski definition) is 4. The van der Waals surface area contributed by atoms with E-state index in [1.807, 2.05) is 14.1 Å². The SMILES string of the molecule is CN(C)CCCNC(=O)CCCN1C(=O)c2ccc(Br)cc2C1=O. The van der Waals surface area contributed by atoms with Gasteiger partial charge in [-0.15, -0.1) is 0 Å². The van der Waals surface area contributed by atoms with E-state index in [4.69, 9.17) is 0 Å². The van der Waals surface area contributed by atoms with Crippen LogP contribution in [0.15, 0.2) is 22.7 Å². The highest BCUT2D eigenvalue weighted by Crippen LogP contribution is 2.26. The molecule has 0 saturated heterocycles. The van der Waals surface area contributed by atoms with Gasteiger partial charge >= 0.3 is 0 Å². The first kappa shape index (κ1) is 18.6. The predicted octanol–water partition coefficient (Wildman–Crippen LogP) is 1.89. The number of carbonyl (C=O) groups excluding carboxylic acids is 3. The maximum Gasteiger partial charge on any atom is 0.261 e. The number of nitrogens with one attached hydrogen (secondary N) is 1. The number of rotatable bonds is 8. The molecule has 1 aliphatic rings. The summed E-state index contributed by atoms with van der Waals surface area (Å²) in [5, 5.41) is 2.85. The normalized spacial score (nSPS) is 13.6. The lowest BCUT2D eigenvalue weighted by Gasteiger charge is -2.13. The van der Waals surface area contributed by atoms with Crippen LogP contribution in [0.2, 0.25) is 0 Å². The second kappa shape index (κ2) is 8.39. The molecule has 7 heteroatoms. The molecule has 0 spiro atoms. The van der Waals surface area contributed by atoms with Gasteiger partial charge in [-0.1, -0.05) is 15.9 Å². The van der Waals surface area contributed by atoms with E-state index in [-0.39, 0.29) is 24.3 Å². The molecule has 1 aromatic rings. The van der Waals surface area contributed by atoms with Gasteiger partial charge in [-0.25, -0.2) is 0 Å². The Bertz CT molecular complexity index is 646. The number of imide groups is 1. The summed E-state index contributed by atoms with van der Waals surface area (Å²) in [6.45, 7) is 1.82. The number of fused-ring (bicyclic) bond motifs is 1. The van der Waals surface area contributed by atoms with E-state index in [1.54, 1.807) is 18.2 Å². The van der Waals surface area contributed by atoms with Crippen LogP contribution in [0, 0.1) is 0 Å². The third-order valence-corrected chi connectivity index (χ3v) is 4.32. The molecule has 0 aliphatic carbocycles. The Morgan fingerprint density at radius 3 is 2.58 bits per heavy atom. The molecule has 0 fully saturated rings. The lowest BCUT2D eigenvalue weighted by atomic mass is 10.1. The zero-order valence-electron chi connectivity index (χ0n) is 14.0. The highest BCUT2D eigenvalue weighted by atomic mass is 79.9. The molecular formula is C17H22BrN3O3. The molecule has 1 heterocycles. The Labute approximate surface area is 150 Å². The van der Waals surface area contributed by atoms with Gasteiger partial charge in [-0.05, 0) is 51.7 Å². The van der Waals surface area contributed by atoms with Crippen molar-refractivity contribution in [3.63, 3.8) is 0 Å². The van der Waals surface area contributed by atoms with Crippen LogP contribution in [0.4, 0.5) is 0 Å². The number of hydrogen-bond donors (Lipinski definition) is 1. The van der Waals surface area contributed by atoms with Crippen molar-refractivity contribution in [3.05, 3.63) is 33.8 Å². The van der Waals surface area contributed by atoms with Crippen molar-refractivity contribution in [2.45, 2.75) is 19.3 Å². The molecule has 1 aliphatic heterocycles. The fourth-order valence-corrected chi connectivity index (χ4v) is 2.94. The Hall–Kier alpha value is -1.73. The lowest BCUT2D eigenvalue weighted by molar-refractivity contribution is -0.121. The van der Waals surface area contributed by atoms with Crippen LogP contribution < -0.4 is 5.32 Å². The Kier molecular flexibility index (Phi) is 6.51. The second-order valence-electron chi connectivity index (χ2n) is 6.06. The smallest absolute Gasteiger partial charge is 0.261 e. The lowest BCUT2D eigenvalue weighted by Crippen LogP contribution is -2.32. The number of benzene rings is 1. The van der Waals surface area contributed by atoms with Crippen molar-refractivity contribution in [2.24, 2.45) is 0 Å². The van der Waals surface area contributed by atoms with Crippen LogP contribution in [-0.2, 0) is 4.79 Å². The number of nitrogens with zero attached hydrogens (tertiary/aromatic N) is 2. The van der Waals surface area contributed by atoms with E-state index < -0.39 is 0 Å². The second-order valence-corrected chi connectivity index (χ2v) is 6.98. The molecule has 0 saturated carbocycles. The zero-order valence-corrected chi connectivity index (χ0v) is 15.6. The van der Waals surface area contributed by atoms with Crippen molar-refractivity contribution in [3.8, 4) is 0 Å². The first-order valence-corrected chi connectivity index (χ1v) is 8.76. The highest BCUT2D eigenvalue weighted by molar-refractivity contribution is 9.10. The van der Waals surface area contributed by atoms with Gasteiger partial charge < -0.3 is 10.2 Å². The Balaban J connectivity index is 1.76. The minimum Gasteiger partial charge on any atom is -0.356 e. The molecule has 6 nitrogen and oxygen atoms in total. The highest BCUT2D eigenvalue weighted by Gasteiger charge is 2.35. The Morgan fingerprint density at radius 1 is 1.17 bits per heavy atom. The molecule has 0 bridgehead atoms. The molecule has 1 N–H and O–H groups in total. The molecule has 3 amide bonds. The topological polar surface area (TPSA) is 69.7 Å². The van der Waals surface area contributed by atoms with E-state index in [1.165, 1.54) is 4.90 Å². The van der Waals surface area contributed by atoms with E-state index in [0.717, 1.165) is 17.4 Å². The number of carbonyl (C=O) groups is 3. The Morgan fingerprint density at radius 2 is 1.88 bits per heavy atom. The molecule has 130 valence electrons. The third kappa shape index (κ3) is 4.64. The van der Waals surface area contributed by atoms with E-state index >= 15 is 0 Å². The monoisotopic (exact) mass is 395 g/mol. The summed E-state index contributed by atoms with van der Waals surface area (Å²) < 4.78 is 0.765. The standard InChI is InChI=1S/C17H22BrN3O3/c1-20(2)9-4-8-19-15(22)5-3-10-21-16(23)13-7-6-12(18)11-14(13)17(21)24/h6-7,11H,3-5,8-10H2,1-2H3,(H,19,22). The van der Waals surface area contributed by atoms with Crippen LogP contribution >= 0.6 is 15.9 Å². The summed E-state index contributed by atoms with van der Waals surface area (Å²) >= 11 is 3.30. The number of amides is 3. The summed E-state index contributed by atoms with van der Waals surface area (Å²) in [6.07, 6.45) is 1.66. The molecule has 0 unspecified atom stereocenters. The molecule has 1 aromatic carbocycles. The van der Waals surface area contributed by atoms with E-state index in [2.05, 4.69) is 26.1 Å². The number of halogens is 1. The van der Waals surface area contributed by atoms with Crippen LogP contribution in [0.5, 0.6) is 0 Å². The van der Waals surface area contributed by atoms with E-state index in [9.17, 15) is 14.4 Å². The largest absolute Gasteiger partial charge is 0.356 e. The van der Waals surface area contributed by atoms with Crippen molar-refractivity contribution in [2.75, 3.05) is 33.7 Å². The molecule has 2 rings (SSSR count). The fraction of sp³-hybridized carbons (Fsp3) is 0.471. The molecule has 0 radical (unpaired) electrons. The zero-order chi connectivity index (χ0) is 17.7. The van der Waals surface area contributed by atoms with Crippen LogP contribution in [0.25, 0.3) is 0 Å². The summed E-state index contributed by atoms with van der Waals surface area (Å²) in [4.78, 5) is 39.6. The van der Waals surface area contributed by atoms with Crippen molar-refractivity contribution in [1.82, 2.24) is 15.1 Å². The van der Waals surface area contributed by atoms with Crippen molar-refractivity contribution < 1.29 is 14.4 Å². The average Bonchev–Trinajstić information content (AvgIpc) is 2.76. The van der Waals surface area contributed by atoms with Gasteiger partial charge in [-0.2, -0.15) is 0 Å². The predicted molar refractivity (Wildman–Crippen MR) is 94.9 cm³/mol. The van der Waals surface area contributed by atoms with Gasteiger partial charge in [0.25, 0.3) is 11.8 Å². The van der Waals surface area contributed by atoms with Gasteiger partial charge in [0.05, 0.1) is 11.1 Å².